The average molecular weight is 353 g/mol. The van der Waals surface area contributed by atoms with Crippen LogP contribution < -0.4 is 5.32 Å². The second kappa shape index (κ2) is 6.42. The van der Waals surface area contributed by atoms with Gasteiger partial charge in [0.25, 0.3) is 5.69 Å². The van der Waals surface area contributed by atoms with Gasteiger partial charge in [-0.3, -0.25) is 20.3 Å². The normalized spacial score (nSPS) is 18.7. The maximum absolute atomic E-state index is 12.0. The van der Waals surface area contributed by atoms with Crippen molar-refractivity contribution in [3.8, 4) is 0 Å². The summed E-state index contributed by atoms with van der Waals surface area (Å²) in [7, 11) is 0. The maximum Gasteiger partial charge on any atom is 0.412 e. The van der Waals surface area contributed by atoms with Gasteiger partial charge in [0.2, 0.25) is 0 Å². The number of fused-ring (bicyclic) bond motifs is 2. The van der Waals surface area contributed by atoms with Crippen LogP contribution in [0.15, 0.2) is 48.5 Å². The van der Waals surface area contributed by atoms with Gasteiger partial charge in [-0.1, -0.05) is 30.3 Å². The number of hydrogen-bond acceptors (Lipinski definition) is 5. The highest BCUT2D eigenvalue weighted by molar-refractivity contribution is 5.88. The first-order valence-corrected chi connectivity index (χ1v) is 8.61. The predicted molar refractivity (Wildman–Crippen MR) is 95.8 cm³/mol. The highest BCUT2D eigenvalue weighted by atomic mass is 16.6. The van der Waals surface area contributed by atoms with Crippen LogP contribution in [0.5, 0.6) is 0 Å². The number of hydrogen-bond donors (Lipinski definition) is 1. The number of benzene rings is 2. The third kappa shape index (κ3) is 3.01. The van der Waals surface area contributed by atoms with Crippen molar-refractivity contribution >= 4 is 17.5 Å². The predicted octanol–water partition coefficient (Wildman–Crippen LogP) is 3.65. The van der Waals surface area contributed by atoms with Crippen LogP contribution >= 0.6 is 0 Å². The molecule has 0 aromatic heterocycles. The summed E-state index contributed by atoms with van der Waals surface area (Å²) in [6.07, 6.45) is 1.06. The fourth-order valence-electron chi connectivity index (χ4n) is 3.78. The fourth-order valence-corrected chi connectivity index (χ4v) is 3.78. The van der Waals surface area contributed by atoms with E-state index in [0.29, 0.717) is 0 Å². The molecule has 0 saturated carbocycles. The number of anilines is 1. The smallest absolute Gasteiger partial charge is 0.412 e. The Hall–Kier alpha value is -2.93. The first-order valence-electron chi connectivity index (χ1n) is 8.61. The van der Waals surface area contributed by atoms with Crippen molar-refractivity contribution in [1.29, 1.82) is 0 Å². The van der Waals surface area contributed by atoms with E-state index < -0.39 is 16.6 Å². The zero-order valence-corrected chi connectivity index (χ0v) is 14.2. The van der Waals surface area contributed by atoms with Gasteiger partial charge in [-0.2, -0.15) is 0 Å². The molecule has 2 aromatic rings. The van der Waals surface area contributed by atoms with Crippen LogP contribution in [0.25, 0.3) is 0 Å². The topological polar surface area (TPSA) is 84.7 Å². The third-order valence-electron chi connectivity index (χ3n) is 5.16. The van der Waals surface area contributed by atoms with Crippen LogP contribution in [0.3, 0.4) is 0 Å². The summed E-state index contributed by atoms with van der Waals surface area (Å²) in [5.41, 5.74) is 2.44. The molecule has 0 aliphatic carbocycles. The Balaban J connectivity index is 1.46. The van der Waals surface area contributed by atoms with Crippen molar-refractivity contribution in [2.45, 2.75) is 25.0 Å². The maximum atomic E-state index is 12.0. The number of likely N-dealkylation sites (tertiary alicyclic amines) is 1. The van der Waals surface area contributed by atoms with Crippen LogP contribution in [-0.4, -0.2) is 29.0 Å². The Bertz CT molecular complexity index is 842. The molecule has 1 N–H and O–H groups in total. The molecular weight excluding hydrogens is 334 g/mol. The van der Waals surface area contributed by atoms with Crippen molar-refractivity contribution in [2.24, 2.45) is 0 Å². The molecule has 2 aliphatic heterocycles. The average Bonchev–Trinajstić information content (AvgIpc) is 2.64. The lowest BCUT2D eigenvalue weighted by atomic mass is 9.82. The van der Waals surface area contributed by atoms with Crippen LogP contribution in [0.4, 0.5) is 16.2 Å². The summed E-state index contributed by atoms with van der Waals surface area (Å²) in [6, 6.07) is 14.4. The molecule has 2 aliphatic rings. The molecule has 0 radical (unpaired) electrons. The zero-order chi connectivity index (χ0) is 18.1. The van der Waals surface area contributed by atoms with E-state index in [1.807, 2.05) is 24.3 Å². The van der Waals surface area contributed by atoms with Crippen molar-refractivity contribution in [1.82, 2.24) is 4.90 Å². The summed E-state index contributed by atoms with van der Waals surface area (Å²) in [4.78, 5) is 24.6. The molecule has 2 aromatic carbocycles. The van der Waals surface area contributed by atoms with Crippen molar-refractivity contribution in [3.05, 3.63) is 69.8 Å². The Morgan fingerprint density at radius 1 is 1.12 bits per heavy atom. The fraction of sp³-hybridized carbons (Fsp3) is 0.316. The van der Waals surface area contributed by atoms with E-state index >= 15 is 0 Å². The molecule has 0 unspecified atom stereocenters. The van der Waals surface area contributed by atoms with Gasteiger partial charge in [-0.15, -0.1) is 0 Å². The van der Waals surface area contributed by atoms with E-state index in [1.165, 1.54) is 12.1 Å². The molecule has 7 heteroatoms. The van der Waals surface area contributed by atoms with E-state index in [-0.39, 0.29) is 5.69 Å². The largest absolute Gasteiger partial charge is 0.438 e. The molecule has 4 rings (SSSR count). The van der Waals surface area contributed by atoms with Crippen molar-refractivity contribution in [3.63, 3.8) is 0 Å². The number of amides is 1. The number of piperidine rings is 1. The van der Waals surface area contributed by atoms with Crippen LogP contribution in [-0.2, 0) is 16.9 Å². The molecule has 26 heavy (non-hydrogen) atoms. The van der Waals surface area contributed by atoms with Gasteiger partial charge in [0.1, 0.15) is 5.60 Å². The van der Waals surface area contributed by atoms with E-state index in [2.05, 4.69) is 10.2 Å². The zero-order valence-electron chi connectivity index (χ0n) is 14.2. The van der Waals surface area contributed by atoms with E-state index in [1.54, 1.807) is 12.1 Å². The summed E-state index contributed by atoms with van der Waals surface area (Å²) in [5, 5.41) is 13.5. The first kappa shape index (κ1) is 16.5. The number of carbonyl (C=O) groups excluding carboxylic acids is 1. The summed E-state index contributed by atoms with van der Waals surface area (Å²) in [6.45, 7) is 2.30. The molecule has 1 fully saturated rings. The van der Waals surface area contributed by atoms with Gasteiger partial charge >= 0.3 is 6.09 Å². The van der Waals surface area contributed by atoms with E-state index in [9.17, 15) is 14.9 Å². The van der Waals surface area contributed by atoms with Crippen LogP contribution in [0, 0.1) is 10.1 Å². The SMILES string of the molecule is O=C1Nc2ccccc2C2(CCN(Cc3ccc([N+](=O)[O-])cc3)CC2)O1. The molecule has 134 valence electrons. The number of carbonyl (C=O) groups is 1. The van der Waals surface area contributed by atoms with Gasteiger partial charge < -0.3 is 4.74 Å². The van der Waals surface area contributed by atoms with Gasteiger partial charge in [0, 0.05) is 50.2 Å². The Kier molecular flexibility index (Phi) is 4.08. The first-order chi connectivity index (χ1) is 12.6. The van der Waals surface area contributed by atoms with Crippen LogP contribution in [0.1, 0.15) is 24.0 Å². The lowest BCUT2D eigenvalue weighted by molar-refractivity contribution is -0.384. The number of nitro benzene ring substituents is 1. The number of nitro groups is 1. The molecule has 1 spiro atoms. The highest BCUT2D eigenvalue weighted by Gasteiger charge is 2.44. The second-order valence-electron chi connectivity index (χ2n) is 6.75. The molecule has 2 heterocycles. The number of non-ortho nitro benzene ring substituents is 1. The number of ether oxygens (including phenoxy) is 1. The monoisotopic (exact) mass is 353 g/mol. The lowest BCUT2D eigenvalue weighted by Gasteiger charge is -2.44. The van der Waals surface area contributed by atoms with Gasteiger partial charge in [-0.25, -0.2) is 4.79 Å². The minimum Gasteiger partial charge on any atom is -0.438 e. The molecule has 1 saturated heterocycles. The Morgan fingerprint density at radius 2 is 1.81 bits per heavy atom. The van der Waals surface area contributed by atoms with Crippen LogP contribution in [0.2, 0.25) is 0 Å². The third-order valence-corrected chi connectivity index (χ3v) is 5.16. The number of nitrogens with one attached hydrogen (secondary N) is 1. The molecular formula is C19H19N3O4. The molecule has 7 nitrogen and oxygen atoms in total. The number of nitrogens with zero attached hydrogens (tertiary/aromatic N) is 2. The summed E-state index contributed by atoms with van der Waals surface area (Å²) in [5.74, 6) is 0. The van der Waals surface area contributed by atoms with Crippen molar-refractivity contribution in [2.75, 3.05) is 18.4 Å². The molecule has 1 amide bonds. The number of rotatable bonds is 3. The van der Waals surface area contributed by atoms with E-state index in [0.717, 1.165) is 49.3 Å². The van der Waals surface area contributed by atoms with Crippen molar-refractivity contribution < 1.29 is 14.5 Å². The lowest BCUT2D eigenvalue weighted by Crippen LogP contribution is -2.48. The number of para-hydroxylation sites is 1. The summed E-state index contributed by atoms with van der Waals surface area (Å²) >= 11 is 0. The minimum atomic E-state index is -0.565. The minimum absolute atomic E-state index is 0.101. The van der Waals surface area contributed by atoms with E-state index in [4.69, 9.17) is 4.74 Å². The van der Waals surface area contributed by atoms with Gasteiger partial charge in [0.15, 0.2) is 0 Å². The Labute approximate surface area is 150 Å². The quantitative estimate of drug-likeness (QED) is 0.672. The molecule has 0 atom stereocenters. The Morgan fingerprint density at radius 3 is 2.50 bits per heavy atom. The molecule has 0 bridgehead atoms. The highest BCUT2D eigenvalue weighted by Crippen LogP contribution is 2.43. The second-order valence-corrected chi connectivity index (χ2v) is 6.75. The van der Waals surface area contributed by atoms with Gasteiger partial charge in [-0.05, 0) is 11.6 Å². The standard InChI is InChI=1S/C19H19N3O4/c23-18-20-17-4-2-1-3-16(17)19(26-18)9-11-21(12-10-19)13-14-5-7-15(8-6-14)22(24)25/h1-8H,9-13H2,(H,20,23). The summed E-state index contributed by atoms with van der Waals surface area (Å²) < 4.78 is 5.73. The van der Waals surface area contributed by atoms with Gasteiger partial charge in [0.05, 0.1) is 10.6 Å².